The highest BCUT2D eigenvalue weighted by Gasteiger charge is 2.23. The molecule has 0 saturated carbocycles. The number of carbonyl (C=O) groups is 3. The van der Waals surface area contributed by atoms with Crippen LogP contribution in [0.25, 0.3) is 10.9 Å². The minimum absolute atomic E-state index is 0.0587. The summed E-state index contributed by atoms with van der Waals surface area (Å²) in [6.07, 6.45) is 5.35. The molecule has 34 heavy (non-hydrogen) atoms. The van der Waals surface area contributed by atoms with E-state index in [9.17, 15) is 14.4 Å². The summed E-state index contributed by atoms with van der Waals surface area (Å²) in [6, 6.07) is 12.9. The molecule has 8 nitrogen and oxygen atoms in total. The Bertz CT molecular complexity index is 1230. The van der Waals surface area contributed by atoms with Crippen LogP contribution in [0.1, 0.15) is 40.2 Å². The van der Waals surface area contributed by atoms with Gasteiger partial charge in [-0.25, -0.2) is 9.59 Å². The van der Waals surface area contributed by atoms with E-state index >= 15 is 0 Å². The highest BCUT2D eigenvalue weighted by atomic mass is 35.5. The summed E-state index contributed by atoms with van der Waals surface area (Å²) in [5, 5.41) is 17.2. The maximum Gasteiger partial charge on any atom is 0.328 e. The topological polar surface area (TPSA) is 126 Å². The van der Waals surface area contributed by atoms with Crippen LogP contribution in [0.2, 0.25) is 5.02 Å². The molecule has 1 aliphatic heterocycles. The molecule has 1 saturated heterocycles. The minimum atomic E-state index is -1.26. The standard InChI is InChI=1S/C21H22ClN3O.C4H4O4/c1-24-10-8-14(9-11-24)18-13-25(23)20-7-6-15(12-17(18)20)21(26)16-4-2-3-5-19(16)22;5-3(6)1-2-4(7)8/h2-7,12-14H,8-11,23H2,1H3;1-2H,(H,5,6)(H,7,8). The Balaban J connectivity index is 0.000000350. The van der Waals surface area contributed by atoms with Gasteiger partial charge in [-0.15, -0.1) is 0 Å². The largest absolute Gasteiger partial charge is 0.478 e. The number of nitrogens with two attached hydrogens (primary N) is 1. The average molecular weight is 484 g/mol. The smallest absolute Gasteiger partial charge is 0.328 e. The zero-order chi connectivity index (χ0) is 24.8. The third-order valence-electron chi connectivity index (χ3n) is 5.77. The number of nitrogen functional groups attached to an aromatic ring is 1. The van der Waals surface area contributed by atoms with Crippen molar-refractivity contribution in [2.45, 2.75) is 18.8 Å². The number of hydrogen-bond donors (Lipinski definition) is 3. The number of ketones is 1. The highest BCUT2D eigenvalue weighted by Crippen LogP contribution is 2.34. The summed E-state index contributed by atoms with van der Waals surface area (Å²) in [6.45, 7) is 2.17. The fourth-order valence-electron chi connectivity index (χ4n) is 4.01. The number of carboxylic acid groups (broad SMARTS) is 2. The second kappa shape index (κ2) is 11.0. The number of benzene rings is 2. The van der Waals surface area contributed by atoms with Crippen molar-refractivity contribution < 1.29 is 24.6 Å². The van der Waals surface area contributed by atoms with Crippen LogP contribution in [0.5, 0.6) is 0 Å². The Labute approximate surface area is 201 Å². The number of hydrogen-bond acceptors (Lipinski definition) is 5. The van der Waals surface area contributed by atoms with Crippen molar-refractivity contribution in [2.75, 3.05) is 26.0 Å². The number of nitrogens with zero attached hydrogens (tertiary/aromatic N) is 2. The molecule has 2 aromatic carbocycles. The van der Waals surface area contributed by atoms with E-state index in [1.54, 1.807) is 16.8 Å². The number of carboxylic acids is 2. The molecule has 4 N–H and O–H groups in total. The van der Waals surface area contributed by atoms with Crippen LogP contribution in [0.15, 0.2) is 60.8 Å². The van der Waals surface area contributed by atoms with Gasteiger partial charge in [0.05, 0.1) is 10.5 Å². The molecule has 4 rings (SSSR count). The number of aromatic nitrogens is 1. The highest BCUT2D eigenvalue weighted by molar-refractivity contribution is 6.35. The number of aliphatic carboxylic acids is 2. The van der Waals surface area contributed by atoms with Gasteiger partial charge in [0, 0.05) is 34.9 Å². The van der Waals surface area contributed by atoms with Gasteiger partial charge in [-0.3, -0.25) is 9.47 Å². The normalized spacial score (nSPS) is 14.6. The lowest BCUT2D eigenvalue weighted by Crippen LogP contribution is -2.29. The Morgan fingerprint density at radius 2 is 1.65 bits per heavy atom. The molecule has 0 aliphatic carbocycles. The molecule has 2 heterocycles. The maximum absolute atomic E-state index is 12.9. The molecule has 0 radical (unpaired) electrons. The lowest BCUT2D eigenvalue weighted by Gasteiger charge is -2.28. The zero-order valence-electron chi connectivity index (χ0n) is 18.6. The first-order valence-corrected chi connectivity index (χ1v) is 11.1. The van der Waals surface area contributed by atoms with E-state index in [0.717, 1.165) is 36.8 Å². The second-order valence-corrected chi connectivity index (χ2v) is 8.53. The van der Waals surface area contributed by atoms with Crippen molar-refractivity contribution in [2.24, 2.45) is 0 Å². The van der Waals surface area contributed by atoms with E-state index in [-0.39, 0.29) is 5.78 Å². The van der Waals surface area contributed by atoms with Crippen LogP contribution in [-0.4, -0.2) is 57.6 Å². The van der Waals surface area contributed by atoms with Gasteiger partial charge in [-0.1, -0.05) is 23.7 Å². The Kier molecular flexibility index (Phi) is 8.09. The van der Waals surface area contributed by atoms with Crippen molar-refractivity contribution >= 4 is 40.2 Å². The van der Waals surface area contributed by atoms with E-state index in [1.807, 2.05) is 36.5 Å². The van der Waals surface area contributed by atoms with Gasteiger partial charge in [-0.2, -0.15) is 0 Å². The molecule has 3 aromatic rings. The first kappa shape index (κ1) is 25.0. The van der Waals surface area contributed by atoms with Crippen LogP contribution in [0, 0.1) is 0 Å². The van der Waals surface area contributed by atoms with Crippen LogP contribution >= 0.6 is 11.6 Å². The predicted octanol–water partition coefficient (Wildman–Crippen LogP) is 3.76. The SMILES string of the molecule is CN1CCC(c2cn(N)c3ccc(C(=O)c4ccccc4Cl)cc23)CC1.O=C(O)C=CC(=O)O. The summed E-state index contributed by atoms with van der Waals surface area (Å²) in [4.78, 5) is 34.4. The molecule has 0 spiro atoms. The fourth-order valence-corrected chi connectivity index (χ4v) is 4.23. The van der Waals surface area contributed by atoms with Gasteiger partial charge in [-0.05, 0) is 74.8 Å². The second-order valence-electron chi connectivity index (χ2n) is 8.12. The van der Waals surface area contributed by atoms with Crippen molar-refractivity contribution in [3.8, 4) is 0 Å². The van der Waals surface area contributed by atoms with Crippen molar-refractivity contribution in [3.63, 3.8) is 0 Å². The fraction of sp³-hybridized carbons (Fsp3) is 0.240. The molecule has 0 amide bonds. The lowest BCUT2D eigenvalue weighted by atomic mass is 9.88. The number of fused-ring (bicyclic) bond motifs is 1. The Hall–Kier alpha value is -3.62. The molecule has 1 aromatic heterocycles. The van der Waals surface area contributed by atoms with E-state index in [0.29, 0.717) is 34.2 Å². The third kappa shape index (κ3) is 6.03. The maximum atomic E-state index is 12.9. The van der Waals surface area contributed by atoms with Crippen LogP contribution in [-0.2, 0) is 9.59 Å². The zero-order valence-corrected chi connectivity index (χ0v) is 19.4. The van der Waals surface area contributed by atoms with E-state index < -0.39 is 11.9 Å². The monoisotopic (exact) mass is 483 g/mol. The molecular weight excluding hydrogens is 458 g/mol. The summed E-state index contributed by atoms with van der Waals surface area (Å²) in [5.74, 6) is 4.08. The number of carbonyl (C=O) groups excluding carboxylic acids is 1. The number of rotatable bonds is 5. The number of likely N-dealkylation sites (tertiary alicyclic amines) is 1. The van der Waals surface area contributed by atoms with Crippen molar-refractivity contribution in [3.05, 3.63) is 82.5 Å². The minimum Gasteiger partial charge on any atom is -0.478 e. The Morgan fingerprint density at radius 3 is 2.24 bits per heavy atom. The van der Waals surface area contributed by atoms with E-state index in [1.165, 1.54) is 5.56 Å². The lowest BCUT2D eigenvalue weighted by molar-refractivity contribution is -0.134. The molecule has 9 heteroatoms. The van der Waals surface area contributed by atoms with Gasteiger partial charge < -0.3 is 21.0 Å². The molecule has 0 unspecified atom stereocenters. The molecule has 0 bridgehead atoms. The van der Waals surface area contributed by atoms with Gasteiger partial charge >= 0.3 is 11.9 Å². The first-order chi connectivity index (χ1) is 16.2. The molecular formula is C25H26ClN3O5. The first-order valence-electron chi connectivity index (χ1n) is 10.7. The van der Waals surface area contributed by atoms with Crippen LogP contribution < -0.4 is 5.84 Å². The van der Waals surface area contributed by atoms with E-state index in [4.69, 9.17) is 27.7 Å². The van der Waals surface area contributed by atoms with Gasteiger partial charge in [0.1, 0.15) is 0 Å². The summed E-state index contributed by atoms with van der Waals surface area (Å²) >= 11 is 6.21. The van der Waals surface area contributed by atoms with E-state index in [2.05, 4.69) is 11.9 Å². The van der Waals surface area contributed by atoms with Crippen molar-refractivity contribution in [1.29, 1.82) is 0 Å². The number of halogens is 1. The average Bonchev–Trinajstić information content (AvgIpc) is 3.14. The molecule has 0 atom stereocenters. The summed E-state index contributed by atoms with van der Waals surface area (Å²) < 4.78 is 1.67. The summed E-state index contributed by atoms with van der Waals surface area (Å²) in [5.41, 5.74) is 3.37. The third-order valence-corrected chi connectivity index (χ3v) is 6.10. The van der Waals surface area contributed by atoms with Gasteiger partial charge in [0.25, 0.3) is 0 Å². The quantitative estimate of drug-likeness (QED) is 0.286. The van der Waals surface area contributed by atoms with Crippen LogP contribution in [0.3, 0.4) is 0 Å². The predicted molar refractivity (Wildman–Crippen MR) is 131 cm³/mol. The van der Waals surface area contributed by atoms with Gasteiger partial charge in [0.2, 0.25) is 0 Å². The summed E-state index contributed by atoms with van der Waals surface area (Å²) in [7, 11) is 2.16. The number of piperidine rings is 1. The molecule has 1 fully saturated rings. The molecule has 178 valence electrons. The molecule has 1 aliphatic rings. The van der Waals surface area contributed by atoms with Gasteiger partial charge in [0.15, 0.2) is 5.78 Å². The Morgan fingerprint density at radius 1 is 1.03 bits per heavy atom. The van der Waals surface area contributed by atoms with Crippen molar-refractivity contribution in [1.82, 2.24) is 9.58 Å². The van der Waals surface area contributed by atoms with Crippen LogP contribution in [0.4, 0.5) is 0 Å².